The molecule has 0 atom stereocenters. The van der Waals surface area contributed by atoms with Crippen molar-refractivity contribution < 1.29 is 9.05 Å². The monoisotopic (exact) mass is 390 g/mol. The smallest absolute Gasteiger partial charge is 0.227 e. The largest absolute Gasteiger partial charge is 0.361 e. The first-order valence-electron chi connectivity index (χ1n) is 8.56. The maximum atomic E-state index is 6.36. The summed E-state index contributed by atoms with van der Waals surface area (Å²) in [6.07, 6.45) is 1.62. The number of aromatic nitrogens is 4. The molecule has 0 aromatic carbocycles. The van der Waals surface area contributed by atoms with E-state index in [9.17, 15) is 0 Å². The molecule has 144 valence electrons. The van der Waals surface area contributed by atoms with E-state index in [1.165, 1.54) is 0 Å². The highest BCUT2D eigenvalue weighted by atomic mass is 35.5. The van der Waals surface area contributed by atoms with Gasteiger partial charge in [0.05, 0.1) is 24.1 Å². The maximum absolute atomic E-state index is 6.36. The summed E-state index contributed by atoms with van der Waals surface area (Å²) in [5.41, 5.74) is 3.78. The van der Waals surface area contributed by atoms with Crippen LogP contribution in [0, 0.1) is 27.7 Å². The number of hydrogen-bond acceptors (Lipinski definition) is 8. The van der Waals surface area contributed by atoms with Crippen LogP contribution in [0.1, 0.15) is 34.0 Å². The van der Waals surface area contributed by atoms with E-state index in [0.717, 1.165) is 34.0 Å². The quantitative estimate of drug-likeness (QED) is 0.631. The summed E-state index contributed by atoms with van der Waals surface area (Å²) in [6, 6.07) is 0. The van der Waals surface area contributed by atoms with Crippen molar-refractivity contribution in [3.63, 3.8) is 0 Å². The molecule has 0 spiro atoms. The Bertz CT molecular complexity index is 912. The lowest BCUT2D eigenvalue weighted by Gasteiger charge is -2.22. The first-order chi connectivity index (χ1) is 12.8. The van der Waals surface area contributed by atoms with E-state index in [1.54, 1.807) is 6.20 Å². The third kappa shape index (κ3) is 3.90. The lowest BCUT2D eigenvalue weighted by Crippen LogP contribution is -2.23. The minimum atomic E-state index is 0.485. The molecule has 3 heterocycles. The van der Waals surface area contributed by atoms with Crippen LogP contribution >= 0.6 is 11.6 Å². The summed E-state index contributed by atoms with van der Waals surface area (Å²) in [5.74, 6) is 2.80. The molecule has 0 amide bonds. The molecule has 3 aromatic heterocycles. The molecule has 3 aromatic rings. The Morgan fingerprint density at radius 2 is 1.41 bits per heavy atom. The molecule has 0 unspecified atom stereocenters. The SMILES string of the molecule is Cc1noc(C)c1CN(C)c1ncc(Cl)c(N(C)Cc2c(C)noc2C)n1. The first-order valence-corrected chi connectivity index (χ1v) is 8.94. The van der Waals surface area contributed by atoms with Crippen LogP contribution in [0.2, 0.25) is 5.02 Å². The van der Waals surface area contributed by atoms with Gasteiger partial charge < -0.3 is 18.8 Å². The van der Waals surface area contributed by atoms with Crippen LogP contribution in [0.4, 0.5) is 11.8 Å². The van der Waals surface area contributed by atoms with Gasteiger partial charge in [-0.25, -0.2) is 4.98 Å². The number of anilines is 2. The van der Waals surface area contributed by atoms with Crippen molar-refractivity contribution in [2.75, 3.05) is 23.9 Å². The van der Waals surface area contributed by atoms with Crippen LogP contribution in [-0.4, -0.2) is 34.4 Å². The molecule has 3 rings (SSSR count). The van der Waals surface area contributed by atoms with Crippen molar-refractivity contribution in [2.24, 2.45) is 0 Å². The van der Waals surface area contributed by atoms with Crippen LogP contribution in [0.25, 0.3) is 0 Å². The van der Waals surface area contributed by atoms with Gasteiger partial charge in [0, 0.05) is 31.8 Å². The summed E-state index contributed by atoms with van der Waals surface area (Å²) < 4.78 is 10.5. The number of rotatable bonds is 6. The van der Waals surface area contributed by atoms with Crippen molar-refractivity contribution in [1.29, 1.82) is 0 Å². The highest BCUT2D eigenvalue weighted by molar-refractivity contribution is 6.32. The minimum absolute atomic E-state index is 0.485. The van der Waals surface area contributed by atoms with Crippen LogP contribution in [0.3, 0.4) is 0 Å². The average molecular weight is 391 g/mol. The summed E-state index contributed by atoms with van der Waals surface area (Å²) in [6.45, 7) is 8.82. The van der Waals surface area contributed by atoms with Crippen molar-refractivity contribution in [3.05, 3.63) is 45.3 Å². The van der Waals surface area contributed by atoms with Crippen molar-refractivity contribution in [2.45, 2.75) is 40.8 Å². The van der Waals surface area contributed by atoms with E-state index in [4.69, 9.17) is 20.6 Å². The van der Waals surface area contributed by atoms with Gasteiger partial charge in [-0.15, -0.1) is 0 Å². The Kier molecular flexibility index (Phi) is 5.36. The van der Waals surface area contributed by atoms with E-state index in [2.05, 4.69) is 20.3 Å². The third-order valence-electron chi connectivity index (χ3n) is 4.57. The zero-order valence-corrected chi connectivity index (χ0v) is 17.1. The highest BCUT2D eigenvalue weighted by Crippen LogP contribution is 2.27. The Balaban J connectivity index is 1.83. The van der Waals surface area contributed by atoms with Gasteiger partial charge in [-0.2, -0.15) is 4.98 Å². The van der Waals surface area contributed by atoms with Gasteiger partial charge in [0.2, 0.25) is 5.95 Å². The summed E-state index contributed by atoms with van der Waals surface area (Å²) in [5, 5.41) is 8.48. The molecular weight excluding hydrogens is 368 g/mol. The lowest BCUT2D eigenvalue weighted by molar-refractivity contribution is 0.392. The van der Waals surface area contributed by atoms with Gasteiger partial charge in [0.25, 0.3) is 0 Å². The second kappa shape index (κ2) is 7.56. The van der Waals surface area contributed by atoms with Crippen LogP contribution < -0.4 is 9.80 Å². The van der Waals surface area contributed by atoms with Crippen molar-refractivity contribution >= 4 is 23.4 Å². The fraction of sp³-hybridized carbons (Fsp3) is 0.444. The molecular formula is C18H23ClN6O2. The summed E-state index contributed by atoms with van der Waals surface area (Å²) in [7, 11) is 3.85. The predicted octanol–water partition coefficient (Wildman–Crippen LogP) is 3.61. The van der Waals surface area contributed by atoms with E-state index in [-0.39, 0.29) is 0 Å². The third-order valence-corrected chi connectivity index (χ3v) is 4.84. The Labute approximate surface area is 163 Å². The normalized spacial score (nSPS) is 11.1. The van der Waals surface area contributed by atoms with Gasteiger partial charge in [-0.05, 0) is 27.7 Å². The van der Waals surface area contributed by atoms with E-state index in [1.807, 2.05) is 51.6 Å². The van der Waals surface area contributed by atoms with E-state index >= 15 is 0 Å². The van der Waals surface area contributed by atoms with Gasteiger partial charge in [0.1, 0.15) is 16.5 Å². The standard InChI is InChI=1S/C18H23ClN6O2/c1-10-14(12(3)26-22-10)8-24(5)17-16(19)7-20-18(21-17)25(6)9-15-11(2)23-27-13(15)4/h7H,8-9H2,1-6H3. The van der Waals surface area contributed by atoms with E-state index < -0.39 is 0 Å². The zero-order valence-electron chi connectivity index (χ0n) is 16.4. The molecule has 0 aliphatic heterocycles. The number of halogens is 1. The van der Waals surface area contributed by atoms with Gasteiger partial charge in [0.15, 0.2) is 5.82 Å². The molecule has 0 N–H and O–H groups in total. The lowest BCUT2D eigenvalue weighted by atomic mass is 10.2. The maximum Gasteiger partial charge on any atom is 0.227 e. The molecule has 8 nitrogen and oxygen atoms in total. The molecule has 0 bridgehead atoms. The molecule has 0 radical (unpaired) electrons. The number of hydrogen-bond donors (Lipinski definition) is 0. The fourth-order valence-electron chi connectivity index (χ4n) is 2.88. The van der Waals surface area contributed by atoms with Crippen LogP contribution in [-0.2, 0) is 13.1 Å². The predicted molar refractivity (Wildman–Crippen MR) is 103 cm³/mol. The Morgan fingerprint density at radius 3 is 1.89 bits per heavy atom. The molecule has 0 aliphatic carbocycles. The fourth-order valence-corrected chi connectivity index (χ4v) is 3.11. The van der Waals surface area contributed by atoms with Gasteiger partial charge in [-0.3, -0.25) is 0 Å². The zero-order chi connectivity index (χ0) is 19.7. The molecule has 0 saturated carbocycles. The first kappa shape index (κ1) is 19.2. The van der Waals surface area contributed by atoms with Gasteiger partial charge >= 0.3 is 0 Å². The van der Waals surface area contributed by atoms with Crippen molar-refractivity contribution in [3.8, 4) is 0 Å². The molecule has 9 heteroatoms. The topological polar surface area (TPSA) is 84.3 Å². The second-order valence-corrected chi connectivity index (χ2v) is 7.07. The number of aryl methyl sites for hydroxylation is 4. The number of nitrogens with zero attached hydrogens (tertiary/aromatic N) is 6. The minimum Gasteiger partial charge on any atom is -0.361 e. The van der Waals surface area contributed by atoms with Crippen LogP contribution in [0.5, 0.6) is 0 Å². The van der Waals surface area contributed by atoms with E-state index in [0.29, 0.717) is 29.9 Å². The second-order valence-electron chi connectivity index (χ2n) is 6.66. The molecule has 0 saturated heterocycles. The van der Waals surface area contributed by atoms with Crippen molar-refractivity contribution in [1.82, 2.24) is 20.3 Å². The van der Waals surface area contributed by atoms with Gasteiger partial charge in [-0.1, -0.05) is 21.9 Å². The molecule has 0 fully saturated rings. The average Bonchev–Trinajstić information content (AvgIpc) is 3.12. The Morgan fingerprint density at radius 1 is 0.889 bits per heavy atom. The molecule has 0 aliphatic rings. The summed E-state index contributed by atoms with van der Waals surface area (Å²) in [4.78, 5) is 12.9. The molecule has 27 heavy (non-hydrogen) atoms. The van der Waals surface area contributed by atoms with Crippen LogP contribution in [0.15, 0.2) is 15.2 Å². The Hall–Kier alpha value is -2.61. The summed E-state index contributed by atoms with van der Waals surface area (Å²) >= 11 is 6.36. The highest BCUT2D eigenvalue weighted by Gasteiger charge is 2.18.